The fourth-order valence-electron chi connectivity index (χ4n) is 4.10. The molecule has 18 heteroatoms. The van der Waals surface area contributed by atoms with Gasteiger partial charge in [-0.25, -0.2) is 4.79 Å². The minimum Gasteiger partial charge on any atom is -0.504 e. The van der Waals surface area contributed by atoms with Crippen molar-refractivity contribution in [3.8, 4) is 11.5 Å². The van der Waals surface area contributed by atoms with Crippen LogP contribution in [0.15, 0.2) is 54.6 Å². The average molecular weight is 685 g/mol. The molecular weight excluding hydrogens is 648 g/mol. The highest BCUT2D eigenvalue weighted by molar-refractivity contribution is 5.97. The number of carboxylic acid groups (broad SMARTS) is 2. The third-order valence-electron chi connectivity index (χ3n) is 6.53. The predicted molar refractivity (Wildman–Crippen MR) is 169 cm³/mol. The minimum atomic E-state index is -1.70. The topological polar surface area (TPSA) is 304 Å². The summed E-state index contributed by atoms with van der Waals surface area (Å²) in [5.41, 5.74) is 6.10. The van der Waals surface area contributed by atoms with E-state index in [4.69, 9.17) is 5.73 Å². The summed E-state index contributed by atoms with van der Waals surface area (Å²) in [6.45, 7) is -1.54. The summed E-state index contributed by atoms with van der Waals surface area (Å²) in [4.78, 5) is 97.0. The van der Waals surface area contributed by atoms with Gasteiger partial charge in [-0.3, -0.25) is 33.6 Å². The summed E-state index contributed by atoms with van der Waals surface area (Å²) < 4.78 is 0. The number of aliphatic carboxylic acids is 2. The molecule has 18 nitrogen and oxygen atoms in total. The molecule has 0 radical (unpaired) electrons. The number of phenols is 2. The van der Waals surface area contributed by atoms with Crippen LogP contribution in [0.25, 0.3) is 6.08 Å². The highest BCUT2D eigenvalue weighted by Crippen LogP contribution is 2.25. The SMILES string of the molecule is NC(=O)CC[C@H](NC(=O)/C=C/c1ccc(O)c(O)c1)C(=O)NCC(=O)N[C@@H](CC(=O)O)C(=O)NCC(=O)N[C@@H](Cc1ccccc1)C(=O)O. The van der Waals surface area contributed by atoms with Gasteiger partial charge in [-0.15, -0.1) is 0 Å². The van der Waals surface area contributed by atoms with E-state index in [1.54, 1.807) is 30.3 Å². The summed E-state index contributed by atoms with van der Waals surface area (Å²) in [7, 11) is 0. The normalized spacial score (nSPS) is 12.5. The molecule has 0 saturated heterocycles. The van der Waals surface area contributed by atoms with Gasteiger partial charge in [0.05, 0.1) is 19.5 Å². The number of amides is 6. The summed E-state index contributed by atoms with van der Waals surface area (Å²) in [5, 5.41) is 48.6. The lowest BCUT2D eigenvalue weighted by atomic mass is 10.1. The number of benzene rings is 2. The van der Waals surface area contributed by atoms with Crippen LogP contribution < -0.4 is 32.3 Å². The molecule has 0 aliphatic heterocycles. The molecule has 0 heterocycles. The maximum absolute atomic E-state index is 12.8. The lowest BCUT2D eigenvalue weighted by molar-refractivity contribution is -0.142. The second-order valence-electron chi connectivity index (χ2n) is 10.4. The second-order valence-corrected chi connectivity index (χ2v) is 10.4. The Morgan fingerprint density at radius 2 is 1.33 bits per heavy atom. The van der Waals surface area contributed by atoms with E-state index in [2.05, 4.69) is 26.6 Å². The van der Waals surface area contributed by atoms with Gasteiger partial charge >= 0.3 is 11.9 Å². The van der Waals surface area contributed by atoms with E-state index in [0.29, 0.717) is 11.1 Å². The highest BCUT2D eigenvalue weighted by atomic mass is 16.4. The Kier molecular flexibility index (Phi) is 15.2. The molecule has 3 atom stereocenters. The van der Waals surface area contributed by atoms with E-state index in [-0.39, 0.29) is 25.0 Å². The minimum absolute atomic E-state index is 0.0474. The molecule has 2 aromatic carbocycles. The fourth-order valence-corrected chi connectivity index (χ4v) is 4.10. The Morgan fingerprint density at radius 3 is 1.88 bits per heavy atom. The Morgan fingerprint density at radius 1 is 0.735 bits per heavy atom. The molecule has 0 bridgehead atoms. The van der Waals surface area contributed by atoms with Crippen LogP contribution in [0.5, 0.6) is 11.5 Å². The molecule has 0 unspecified atom stereocenters. The lowest BCUT2D eigenvalue weighted by Crippen LogP contribution is -2.54. The summed E-state index contributed by atoms with van der Waals surface area (Å²) in [6, 6.07) is 7.78. The second kappa shape index (κ2) is 19.3. The summed E-state index contributed by atoms with van der Waals surface area (Å²) in [5.74, 6) is -9.17. The average Bonchev–Trinajstić information content (AvgIpc) is 3.04. The van der Waals surface area contributed by atoms with Gasteiger partial charge in [0, 0.05) is 18.9 Å². The molecule has 2 aromatic rings. The van der Waals surface area contributed by atoms with Gasteiger partial charge in [0.1, 0.15) is 18.1 Å². The molecule has 0 fully saturated rings. The van der Waals surface area contributed by atoms with Crippen LogP contribution in [0, 0.1) is 0 Å². The van der Waals surface area contributed by atoms with Gasteiger partial charge in [-0.1, -0.05) is 36.4 Å². The number of carboxylic acids is 2. The lowest BCUT2D eigenvalue weighted by Gasteiger charge is -2.19. The maximum Gasteiger partial charge on any atom is 0.326 e. The zero-order valence-corrected chi connectivity index (χ0v) is 25.9. The van der Waals surface area contributed by atoms with E-state index in [1.807, 2.05) is 0 Å². The Hall–Kier alpha value is -6.46. The number of phenolic OH excluding ortho intramolecular Hbond substituents is 2. The van der Waals surface area contributed by atoms with E-state index < -0.39 is 90.8 Å². The van der Waals surface area contributed by atoms with Crippen LogP contribution in [-0.4, -0.2) is 99.0 Å². The highest BCUT2D eigenvalue weighted by Gasteiger charge is 2.27. The molecule has 0 aliphatic carbocycles. The molecule has 6 amide bonds. The molecule has 0 aliphatic rings. The molecule has 0 aromatic heterocycles. The van der Waals surface area contributed by atoms with Crippen LogP contribution in [0.1, 0.15) is 30.4 Å². The number of aromatic hydroxyl groups is 2. The number of primary amides is 1. The Labute approximate surface area is 278 Å². The van der Waals surface area contributed by atoms with E-state index in [1.165, 1.54) is 24.3 Å². The predicted octanol–water partition coefficient (Wildman–Crippen LogP) is -2.13. The van der Waals surface area contributed by atoms with Gasteiger partial charge in [0.25, 0.3) is 0 Å². The van der Waals surface area contributed by atoms with Crippen molar-refractivity contribution in [2.24, 2.45) is 5.73 Å². The fraction of sp³-hybridized carbons (Fsp3) is 0.290. The number of hydrogen-bond donors (Lipinski definition) is 10. The Balaban J connectivity index is 1.95. The standard InChI is InChI=1S/C31H36N6O12/c32-24(40)10-8-19(35-25(41)11-7-18-6-9-22(38)23(39)13-18)29(46)33-15-26(42)36-20(14-28(44)45)30(47)34-16-27(43)37-21(31(48)49)12-17-4-2-1-3-5-17/h1-7,9,11,13,19-21,38-39H,8,10,12,14-16H2,(H2,32,40)(H,33,46)(H,34,47)(H,35,41)(H,36,42)(H,37,43)(H,44,45)(H,48,49)/b11-7+/t19-,20-,21-/m0/s1. The monoisotopic (exact) mass is 684 g/mol. The third kappa shape index (κ3) is 14.7. The van der Waals surface area contributed by atoms with Crippen LogP contribution in [-0.2, 0) is 44.8 Å². The molecular formula is C31H36N6O12. The Bertz CT molecular complexity index is 1580. The summed E-state index contributed by atoms with van der Waals surface area (Å²) in [6.07, 6.45) is 0.715. The molecule has 262 valence electrons. The number of rotatable bonds is 19. The van der Waals surface area contributed by atoms with Gasteiger partial charge < -0.3 is 52.7 Å². The van der Waals surface area contributed by atoms with Crippen molar-refractivity contribution in [1.29, 1.82) is 0 Å². The zero-order valence-electron chi connectivity index (χ0n) is 25.9. The van der Waals surface area contributed by atoms with Crippen molar-refractivity contribution in [2.75, 3.05) is 13.1 Å². The van der Waals surface area contributed by atoms with Crippen LogP contribution in [0.3, 0.4) is 0 Å². The van der Waals surface area contributed by atoms with Crippen molar-refractivity contribution in [3.63, 3.8) is 0 Å². The van der Waals surface area contributed by atoms with Crippen molar-refractivity contribution < 1.29 is 58.8 Å². The van der Waals surface area contributed by atoms with E-state index in [9.17, 15) is 58.8 Å². The number of carbonyl (C=O) groups excluding carboxylic acids is 6. The molecule has 0 spiro atoms. The van der Waals surface area contributed by atoms with E-state index in [0.717, 1.165) is 6.08 Å². The van der Waals surface area contributed by atoms with Crippen LogP contribution >= 0.6 is 0 Å². The maximum atomic E-state index is 12.8. The van der Waals surface area contributed by atoms with E-state index >= 15 is 0 Å². The number of hydrogen-bond acceptors (Lipinski definition) is 10. The van der Waals surface area contributed by atoms with Crippen molar-refractivity contribution in [3.05, 3.63) is 65.7 Å². The number of nitrogens with one attached hydrogen (secondary N) is 5. The van der Waals surface area contributed by atoms with Gasteiger partial charge in [-0.05, 0) is 35.8 Å². The van der Waals surface area contributed by atoms with Crippen molar-refractivity contribution >= 4 is 53.5 Å². The number of nitrogens with two attached hydrogens (primary N) is 1. The summed E-state index contributed by atoms with van der Waals surface area (Å²) >= 11 is 0. The van der Waals surface area contributed by atoms with Crippen LogP contribution in [0.4, 0.5) is 0 Å². The smallest absolute Gasteiger partial charge is 0.326 e. The molecule has 11 N–H and O–H groups in total. The van der Waals surface area contributed by atoms with Gasteiger partial charge in [-0.2, -0.15) is 0 Å². The number of carbonyl (C=O) groups is 8. The third-order valence-corrected chi connectivity index (χ3v) is 6.53. The van der Waals surface area contributed by atoms with Gasteiger partial charge in [0.15, 0.2) is 11.5 Å². The first-order valence-electron chi connectivity index (χ1n) is 14.6. The first-order chi connectivity index (χ1) is 23.1. The van der Waals surface area contributed by atoms with Crippen molar-refractivity contribution in [1.82, 2.24) is 26.6 Å². The van der Waals surface area contributed by atoms with Crippen molar-refractivity contribution in [2.45, 2.75) is 43.8 Å². The zero-order chi connectivity index (χ0) is 36.5. The quantitative estimate of drug-likeness (QED) is 0.0560. The largest absolute Gasteiger partial charge is 0.504 e. The van der Waals surface area contributed by atoms with Gasteiger partial charge in [0.2, 0.25) is 35.4 Å². The van der Waals surface area contributed by atoms with Crippen LogP contribution in [0.2, 0.25) is 0 Å². The molecule has 49 heavy (non-hydrogen) atoms. The first kappa shape index (κ1) is 38.7. The first-order valence-corrected chi connectivity index (χ1v) is 14.6. The molecule has 0 saturated carbocycles. The molecule has 2 rings (SSSR count).